The van der Waals surface area contributed by atoms with E-state index in [2.05, 4.69) is 10.3 Å². The van der Waals surface area contributed by atoms with Gasteiger partial charge < -0.3 is 10.1 Å². The number of fused-ring (bicyclic) bond motifs is 1. The molecule has 1 saturated carbocycles. The number of anilines is 1. The van der Waals surface area contributed by atoms with Gasteiger partial charge in [-0.05, 0) is 64.2 Å². The molecule has 1 unspecified atom stereocenters. The zero-order chi connectivity index (χ0) is 24.4. The number of ketones is 1. The molecule has 1 amide bonds. The Bertz CT molecular complexity index is 1320. The quantitative estimate of drug-likeness (QED) is 0.405. The Balaban J connectivity index is 1.58. The minimum Gasteiger partial charge on any atom is -0.458 e. The van der Waals surface area contributed by atoms with Gasteiger partial charge in [0.05, 0.1) is 11.7 Å². The van der Waals surface area contributed by atoms with Gasteiger partial charge in [-0.3, -0.25) is 19.0 Å². The van der Waals surface area contributed by atoms with Gasteiger partial charge >= 0.3 is 5.97 Å². The minimum absolute atomic E-state index is 0.0827. The highest BCUT2D eigenvalue weighted by molar-refractivity contribution is 7.20. The summed E-state index contributed by atoms with van der Waals surface area (Å²) < 4.78 is 6.94. The molecule has 3 aromatic rings. The number of carbonyl (C=O) groups is 3. The van der Waals surface area contributed by atoms with Crippen molar-refractivity contribution in [2.24, 2.45) is 0 Å². The molecule has 1 aliphatic carbocycles. The standard InChI is InChI=1S/C25H27N3O5S/c1-14-20-23(34-21(14)25(32)33-19-10-5-4-6-11-19)26-13-28(24(20)31)15(2)22(30)27-18-9-7-8-17(12-18)16(3)29/h7-9,12-13,15,19H,4-6,10-11H2,1-3H3,(H,27,30). The van der Waals surface area contributed by atoms with Crippen molar-refractivity contribution in [2.45, 2.75) is 65.0 Å². The first-order valence-electron chi connectivity index (χ1n) is 11.4. The molecule has 2 heterocycles. The van der Waals surface area contributed by atoms with Crippen LogP contribution >= 0.6 is 11.3 Å². The number of nitrogens with one attached hydrogen (secondary N) is 1. The van der Waals surface area contributed by atoms with Crippen LogP contribution in [0.5, 0.6) is 0 Å². The van der Waals surface area contributed by atoms with Crippen molar-refractivity contribution in [3.05, 3.63) is 57.0 Å². The maximum Gasteiger partial charge on any atom is 0.348 e. The van der Waals surface area contributed by atoms with E-state index < -0.39 is 23.5 Å². The number of aryl methyl sites for hydroxylation is 1. The van der Waals surface area contributed by atoms with Crippen LogP contribution in [0.25, 0.3) is 10.2 Å². The van der Waals surface area contributed by atoms with Gasteiger partial charge in [-0.2, -0.15) is 0 Å². The van der Waals surface area contributed by atoms with Gasteiger partial charge in [0, 0.05) is 11.3 Å². The summed E-state index contributed by atoms with van der Waals surface area (Å²) in [4.78, 5) is 55.7. The van der Waals surface area contributed by atoms with Crippen molar-refractivity contribution in [1.82, 2.24) is 9.55 Å². The van der Waals surface area contributed by atoms with E-state index in [1.54, 1.807) is 38.1 Å². The number of ether oxygens (including phenoxy) is 1. The van der Waals surface area contributed by atoms with Crippen LogP contribution < -0.4 is 10.9 Å². The summed E-state index contributed by atoms with van der Waals surface area (Å²) in [6, 6.07) is 5.75. The average molecular weight is 482 g/mol. The lowest BCUT2D eigenvalue weighted by Gasteiger charge is -2.21. The second-order valence-corrected chi connectivity index (χ2v) is 9.66. The summed E-state index contributed by atoms with van der Waals surface area (Å²) in [6.45, 7) is 4.76. The molecule has 4 rings (SSSR count). The molecular weight excluding hydrogens is 454 g/mol. The molecule has 1 aliphatic rings. The predicted octanol–water partition coefficient (Wildman–Crippen LogP) is 4.66. The number of esters is 1. The van der Waals surface area contributed by atoms with Crippen LogP contribution in [0.2, 0.25) is 0 Å². The Morgan fingerprint density at radius 3 is 2.65 bits per heavy atom. The highest BCUT2D eigenvalue weighted by atomic mass is 32.1. The smallest absolute Gasteiger partial charge is 0.348 e. The number of nitrogens with zero attached hydrogens (tertiary/aromatic N) is 2. The molecule has 9 heteroatoms. The molecule has 0 spiro atoms. The molecule has 0 bridgehead atoms. The molecule has 178 valence electrons. The normalized spacial score (nSPS) is 15.1. The van der Waals surface area contributed by atoms with Crippen molar-refractivity contribution in [3.8, 4) is 0 Å². The lowest BCUT2D eigenvalue weighted by Crippen LogP contribution is -2.31. The second kappa shape index (κ2) is 9.89. The Kier molecular flexibility index (Phi) is 6.92. The summed E-state index contributed by atoms with van der Waals surface area (Å²) in [7, 11) is 0. The van der Waals surface area contributed by atoms with E-state index in [0.29, 0.717) is 31.9 Å². The number of carbonyl (C=O) groups excluding carboxylic acids is 3. The number of rotatable bonds is 6. The summed E-state index contributed by atoms with van der Waals surface area (Å²) in [5, 5.41) is 3.06. The minimum atomic E-state index is -0.859. The van der Waals surface area contributed by atoms with E-state index in [1.807, 2.05) is 0 Å². The fraction of sp³-hybridized carbons (Fsp3) is 0.400. The monoisotopic (exact) mass is 481 g/mol. The second-order valence-electron chi connectivity index (χ2n) is 8.66. The molecule has 1 atom stereocenters. The molecule has 1 N–H and O–H groups in total. The summed E-state index contributed by atoms with van der Waals surface area (Å²) in [5.41, 5.74) is 1.07. The molecule has 1 fully saturated rings. The number of thiophene rings is 1. The Hall–Kier alpha value is -3.33. The molecule has 2 aromatic heterocycles. The Morgan fingerprint density at radius 2 is 1.94 bits per heavy atom. The van der Waals surface area contributed by atoms with Gasteiger partial charge in [0.2, 0.25) is 5.91 Å². The molecular formula is C25H27N3O5S. The first kappa shape index (κ1) is 23.8. The van der Waals surface area contributed by atoms with Gasteiger partial charge in [-0.1, -0.05) is 18.6 Å². The van der Waals surface area contributed by atoms with Gasteiger partial charge in [0.15, 0.2) is 5.78 Å². The zero-order valence-corrected chi connectivity index (χ0v) is 20.2. The van der Waals surface area contributed by atoms with Crippen molar-refractivity contribution < 1.29 is 19.1 Å². The third-order valence-corrected chi connectivity index (χ3v) is 7.40. The van der Waals surface area contributed by atoms with E-state index in [0.717, 1.165) is 43.4 Å². The molecule has 0 aliphatic heterocycles. The molecule has 0 radical (unpaired) electrons. The van der Waals surface area contributed by atoms with Gasteiger partial charge in [-0.15, -0.1) is 11.3 Å². The SMILES string of the molecule is CC(=O)c1cccc(NC(=O)C(C)n2cnc3sc(C(=O)OC4CCCCC4)c(C)c3c2=O)c1. The van der Waals surface area contributed by atoms with Crippen molar-refractivity contribution in [2.75, 3.05) is 5.32 Å². The number of Topliss-reactive ketones (excluding diaryl/α,β-unsaturated/α-hetero) is 1. The lowest BCUT2D eigenvalue weighted by atomic mass is 9.98. The first-order chi connectivity index (χ1) is 16.3. The van der Waals surface area contributed by atoms with Crippen LogP contribution in [-0.4, -0.2) is 33.3 Å². The molecule has 34 heavy (non-hydrogen) atoms. The number of hydrogen-bond acceptors (Lipinski definition) is 7. The van der Waals surface area contributed by atoms with E-state index in [-0.39, 0.29) is 11.9 Å². The summed E-state index contributed by atoms with van der Waals surface area (Å²) in [6.07, 6.45) is 6.23. The first-order valence-corrected chi connectivity index (χ1v) is 12.2. The lowest BCUT2D eigenvalue weighted by molar-refractivity contribution is -0.118. The fourth-order valence-corrected chi connectivity index (χ4v) is 5.21. The number of aromatic nitrogens is 2. The van der Waals surface area contributed by atoms with Crippen LogP contribution in [0.1, 0.15) is 77.6 Å². The van der Waals surface area contributed by atoms with Gasteiger partial charge in [-0.25, -0.2) is 9.78 Å². The topological polar surface area (TPSA) is 107 Å². The molecule has 0 saturated heterocycles. The predicted molar refractivity (Wildman–Crippen MR) is 131 cm³/mol. The third kappa shape index (κ3) is 4.79. The molecule has 8 nitrogen and oxygen atoms in total. The van der Waals surface area contributed by atoms with E-state index in [1.165, 1.54) is 17.8 Å². The number of amides is 1. The maximum absolute atomic E-state index is 13.3. The maximum atomic E-state index is 13.3. The Labute approximate surface area is 201 Å². The van der Waals surface area contributed by atoms with Crippen LogP contribution in [0.3, 0.4) is 0 Å². The van der Waals surface area contributed by atoms with E-state index in [4.69, 9.17) is 4.74 Å². The average Bonchev–Trinajstić information content (AvgIpc) is 3.17. The Morgan fingerprint density at radius 1 is 1.21 bits per heavy atom. The van der Waals surface area contributed by atoms with Gasteiger partial charge in [0.1, 0.15) is 21.9 Å². The zero-order valence-electron chi connectivity index (χ0n) is 19.4. The van der Waals surface area contributed by atoms with Crippen molar-refractivity contribution in [1.29, 1.82) is 0 Å². The van der Waals surface area contributed by atoms with Crippen molar-refractivity contribution >= 4 is 44.9 Å². The van der Waals surface area contributed by atoms with Crippen LogP contribution in [-0.2, 0) is 9.53 Å². The molecule has 1 aromatic carbocycles. The van der Waals surface area contributed by atoms with E-state index >= 15 is 0 Å². The largest absolute Gasteiger partial charge is 0.458 e. The summed E-state index contributed by atoms with van der Waals surface area (Å²) >= 11 is 1.14. The fourth-order valence-electron chi connectivity index (χ4n) is 4.18. The van der Waals surface area contributed by atoms with E-state index in [9.17, 15) is 19.2 Å². The van der Waals surface area contributed by atoms with Crippen LogP contribution in [0, 0.1) is 6.92 Å². The highest BCUT2D eigenvalue weighted by Crippen LogP contribution is 2.30. The highest BCUT2D eigenvalue weighted by Gasteiger charge is 2.26. The number of hydrogen-bond donors (Lipinski definition) is 1. The third-order valence-electron chi connectivity index (χ3n) is 6.22. The number of benzene rings is 1. The van der Waals surface area contributed by atoms with Crippen molar-refractivity contribution in [3.63, 3.8) is 0 Å². The van der Waals surface area contributed by atoms with Crippen LogP contribution in [0.15, 0.2) is 35.4 Å². The van der Waals surface area contributed by atoms with Gasteiger partial charge in [0.25, 0.3) is 5.56 Å². The van der Waals surface area contributed by atoms with Crippen LogP contribution in [0.4, 0.5) is 5.69 Å². The summed E-state index contributed by atoms with van der Waals surface area (Å²) in [5.74, 6) is -0.955.